The van der Waals surface area contributed by atoms with Gasteiger partial charge < -0.3 is 10.1 Å². The second-order valence-corrected chi connectivity index (χ2v) is 7.52. The van der Waals surface area contributed by atoms with Crippen LogP contribution in [0.1, 0.15) is 18.1 Å². The third-order valence-corrected chi connectivity index (χ3v) is 4.81. The van der Waals surface area contributed by atoms with Gasteiger partial charge in [0.15, 0.2) is 5.17 Å². The maximum absolute atomic E-state index is 12.1. The molecule has 0 atom stereocenters. The Balaban J connectivity index is 1.80. The second-order valence-electron chi connectivity index (χ2n) is 5.61. The van der Waals surface area contributed by atoms with Crippen molar-refractivity contribution in [2.24, 2.45) is 4.99 Å². The van der Waals surface area contributed by atoms with E-state index in [-0.39, 0.29) is 11.1 Å². The van der Waals surface area contributed by atoms with Crippen molar-refractivity contribution in [1.82, 2.24) is 5.32 Å². The highest BCUT2D eigenvalue weighted by atomic mass is 35.5. The van der Waals surface area contributed by atoms with E-state index in [0.717, 1.165) is 17.3 Å². The van der Waals surface area contributed by atoms with Crippen molar-refractivity contribution in [2.45, 2.75) is 13.5 Å². The number of hydrogen-bond acceptors (Lipinski definition) is 4. The summed E-state index contributed by atoms with van der Waals surface area (Å²) in [7, 11) is 0. The summed E-state index contributed by atoms with van der Waals surface area (Å²) in [6.45, 7) is 1.67. The summed E-state index contributed by atoms with van der Waals surface area (Å²) in [5, 5.41) is 3.90. The fraction of sp³-hybridized carbons (Fsp3) is 0.105. The third kappa shape index (κ3) is 5.35. The number of carbonyl (C=O) groups is 2. The largest absolute Gasteiger partial charge is 0.488 e. The van der Waals surface area contributed by atoms with Crippen molar-refractivity contribution in [3.8, 4) is 5.75 Å². The molecule has 2 aromatic carbocycles. The van der Waals surface area contributed by atoms with E-state index in [1.165, 1.54) is 6.92 Å². The summed E-state index contributed by atoms with van der Waals surface area (Å²) in [4.78, 5) is 27.4. The Morgan fingerprint density at radius 2 is 2.00 bits per heavy atom. The molecule has 0 saturated carbocycles. The maximum atomic E-state index is 12.1. The second kappa shape index (κ2) is 8.61. The van der Waals surface area contributed by atoms with E-state index in [1.807, 2.05) is 18.2 Å². The molecule has 0 saturated heterocycles. The number of benzene rings is 2. The van der Waals surface area contributed by atoms with E-state index in [2.05, 4.69) is 10.3 Å². The molecule has 0 aromatic heterocycles. The number of hydrogen-bond donors (Lipinski definition) is 1. The van der Waals surface area contributed by atoms with Gasteiger partial charge in [-0.15, -0.1) is 0 Å². The van der Waals surface area contributed by atoms with Crippen molar-refractivity contribution in [3.05, 3.63) is 68.5 Å². The van der Waals surface area contributed by atoms with Gasteiger partial charge in [-0.25, -0.2) is 0 Å². The van der Waals surface area contributed by atoms with Crippen LogP contribution in [0.2, 0.25) is 10.0 Å². The lowest BCUT2D eigenvalue weighted by Gasteiger charge is -2.10. The van der Waals surface area contributed by atoms with Crippen molar-refractivity contribution in [2.75, 3.05) is 0 Å². The molecule has 1 heterocycles. The zero-order valence-corrected chi connectivity index (χ0v) is 16.5. The number of amides is 2. The predicted octanol–water partition coefficient (Wildman–Crippen LogP) is 4.68. The first kappa shape index (κ1) is 19.5. The molecule has 1 N–H and O–H groups in total. The topological polar surface area (TPSA) is 67.8 Å². The van der Waals surface area contributed by atoms with Gasteiger partial charge in [-0.1, -0.05) is 35.3 Å². The van der Waals surface area contributed by atoms with E-state index in [4.69, 9.17) is 27.9 Å². The third-order valence-electron chi connectivity index (χ3n) is 3.45. The summed E-state index contributed by atoms with van der Waals surface area (Å²) in [5.74, 6) is -0.152. The minimum atomic E-state index is -0.426. The first-order valence-corrected chi connectivity index (χ1v) is 9.45. The minimum Gasteiger partial charge on any atom is -0.488 e. The number of amidine groups is 1. The van der Waals surface area contributed by atoms with Crippen LogP contribution < -0.4 is 10.1 Å². The quantitative estimate of drug-likeness (QED) is 0.729. The van der Waals surface area contributed by atoms with Crippen LogP contribution in [0.3, 0.4) is 0 Å². The Kier molecular flexibility index (Phi) is 6.21. The molecule has 2 aromatic rings. The average molecular weight is 421 g/mol. The first-order chi connectivity index (χ1) is 12.9. The van der Waals surface area contributed by atoms with Gasteiger partial charge in [0, 0.05) is 22.5 Å². The number of nitrogens with zero attached hydrogens (tertiary/aromatic N) is 1. The summed E-state index contributed by atoms with van der Waals surface area (Å²) in [6, 6.07) is 12.5. The lowest BCUT2D eigenvalue weighted by Crippen LogP contribution is -2.23. The molecule has 5 nitrogen and oxygen atoms in total. The van der Waals surface area contributed by atoms with Gasteiger partial charge in [0.2, 0.25) is 5.91 Å². The molecule has 0 fully saturated rings. The molecule has 3 rings (SSSR count). The van der Waals surface area contributed by atoms with Crippen molar-refractivity contribution in [1.29, 1.82) is 0 Å². The van der Waals surface area contributed by atoms with Gasteiger partial charge in [0.05, 0.1) is 4.91 Å². The maximum Gasteiger partial charge on any atom is 0.286 e. The fourth-order valence-corrected chi connectivity index (χ4v) is 3.55. The van der Waals surface area contributed by atoms with Gasteiger partial charge in [-0.2, -0.15) is 4.99 Å². The van der Waals surface area contributed by atoms with E-state index in [9.17, 15) is 9.59 Å². The number of halogens is 2. The number of rotatable bonds is 4. The highest BCUT2D eigenvalue weighted by molar-refractivity contribution is 8.18. The molecule has 1 aliphatic heterocycles. The zero-order chi connectivity index (χ0) is 19.4. The van der Waals surface area contributed by atoms with Gasteiger partial charge in [0.1, 0.15) is 12.4 Å². The number of nitrogens with one attached hydrogen (secondary N) is 1. The van der Waals surface area contributed by atoms with Crippen LogP contribution in [0.5, 0.6) is 5.75 Å². The summed E-state index contributed by atoms with van der Waals surface area (Å²) >= 11 is 13.2. The standard InChI is InChI=1S/C19H14Cl2N2O3S/c1-11(24)22-19-23-18(25)17(27-19)9-13-8-15(21)5-6-16(13)26-10-12-3-2-4-14(20)7-12/h2-9H,10H2,1H3,(H,22,23,24,25)/b17-9+. The van der Waals surface area contributed by atoms with E-state index >= 15 is 0 Å². The molecule has 27 heavy (non-hydrogen) atoms. The Bertz CT molecular complexity index is 973. The number of carbonyl (C=O) groups excluding carboxylic acids is 2. The minimum absolute atomic E-state index is 0.252. The molecule has 0 spiro atoms. The molecule has 1 aliphatic rings. The molecule has 0 unspecified atom stereocenters. The lowest BCUT2D eigenvalue weighted by atomic mass is 10.1. The van der Waals surface area contributed by atoms with Crippen LogP contribution in [-0.4, -0.2) is 17.0 Å². The summed E-state index contributed by atoms with van der Waals surface area (Å²) in [6.07, 6.45) is 1.64. The van der Waals surface area contributed by atoms with Crippen molar-refractivity contribution in [3.63, 3.8) is 0 Å². The van der Waals surface area contributed by atoms with Crippen molar-refractivity contribution < 1.29 is 14.3 Å². The molecule has 0 aliphatic carbocycles. The lowest BCUT2D eigenvalue weighted by molar-refractivity contribution is -0.117. The molecular weight excluding hydrogens is 407 g/mol. The monoisotopic (exact) mass is 420 g/mol. The van der Waals surface area contributed by atoms with Crippen LogP contribution in [0.4, 0.5) is 0 Å². The first-order valence-electron chi connectivity index (χ1n) is 7.87. The average Bonchev–Trinajstić information content (AvgIpc) is 2.92. The molecule has 0 bridgehead atoms. The molecular formula is C19H14Cl2N2O3S. The Labute approximate surface area is 170 Å². The van der Waals surface area contributed by atoms with Gasteiger partial charge in [0.25, 0.3) is 5.91 Å². The van der Waals surface area contributed by atoms with Crippen LogP contribution >= 0.6 is 35.0 Å². The summed E-state index contributed by atoms with van der Waals surface area (Å²) in [5.41, 5.74) is 1.55. The SMILES string of the molecule is CC(=O)NC1=NC(=O)/C(=C\c2cc(Cl)ccc2OCc2cccc(Cl)c2)S1. The van der Waals surface area contributed by atoms with Gasteiger partial charge in [-0.05, 0) is 53.7 Å². The normalized spacial score (nSPS) is 15.0. The van der Waals surface area contributed by atoms with Crippen LogP contribution in [-0.2, 0) is 16.2 Å². The molecule has 8 heteroatoms. The highest BCUT2D eigenvalue weighted by Crippen LogP contribution is 2.32. The smallest absolute Gasteiger partial charge is 0.286 e. The van der Waals surface area contributed by atoms with Crippen molar-refractivity contribution >= 4 is 58.0 Å². The molecule has 0 radical (unpaired) electrons. The van der Waals surface area contributed by atoms with Crippen LogP contribution in [0, 0.1) is 0 Å². The Hall–Kier alpha value is -2.28. The number of aliphatic imine (C=N–C) groups is 1. The molecule has 138 valence electrons. The predicted molar refractivity (Wildman–Crippen MR) is 109 cm³/mol. The fourth-order valence-electron chi connectivity index (χ4n) is 2.31. The Morgan fingerprint density at radius 3 is 2.74 bits per heavy atom. The highest BCUT2D eigenvalue weighted by Gasteiger charge is 2.23. The van der Waals surface area contributed by atoms with Crippen LogP contribution in [0.15, 0.2) is 52.4 Å². The van der Waals surface area contributed by atoms with Crippen LogP contribution in [0.25, 0.3) is 6.08 Å². The van der Waals surface area contributed by atoms with Gasteiger partial charge >= 0.3 is 0 Å². The number of thioether (sulfide) groups is 1. The zero-order valence-electron chi connectivity index (χ0n) is 14.2. The van der Waals surface area contributed by atoms with Gasteiger partial charge in [-0.3, -0.25) is 9.59 Å². The molecule has 2 amide bonds. The van der Waals surface area contributed by atoms with E-state index in [0.29, 0.717) is 32.9 Å². The van der Waals surface area contributed by atoms with E-state index < -0.39 is 5.91 Å². The van der Waals surface area contributed by atoms with E-state index in [1.54, 1.807) is 30.3 Å². The Morgan fingerprint density at radius 1 is 1.22 bits per heavy atom. The number of ether oxygens (including phenoxy) is 1. The summed E-state index contributed by atoms with van der Waals surface area (Å²) < 4.78 is 5.88.